The first kappa shape index (κ1) is 22.7. The molecule has 0 saturated carbocycles. The van der Waals surface area contributed by atoms with Crippen molar-refractivity contribution in [3.05, 3.63) is 27.9 Å². The van der Waals surface area contributed by atoms with E-state index >= 15 is 0 Å². The molecule has 30 heavy (non-hydrogen) atoms. The summed E-state index contributed by atoms with van der Waals surface area (Å²) in [4.78, 5) is 33.7. The molecule has 2 unspecified atom stereocenters. The molecule has 1 aromatic rings. The van der Waals surface area contributed by atoms with E-state index in [0.717, 1.165) is 5.01 Å². The first-order valence-electron chi connectivity index (χ1n) is 9.74. The second-order valence-corrected chi connectivity index (χ2v) is 8.94. The van der Waals surface area contributed by atoms with Crippen molar-refractivity contribution in [2.24, 2.45) is 10.9 Å². The Bertz CT molecular complexity index is 815. The number of piperidine rings is 1. The molecule has 0 aliphatic carbocycles. The van der Waals surface area contributed by atoms with E-state index in [-0.39, 0.29) is 31.4 Å². The Morgan fingerprint density at radius 3 is 3.00 bits per heavy atom. The zero-order chi connectivity index (χ0) is 21.5. The summed E-state index contributed by atoms with van der Waals surface area (Å²) in [6.45, 7) is 3.50. The minimum Gasteiger partial charge on any atom is -0.481 e. The van der Waals surface area contributed by atoms with Crippen LogP contribution in [-0.4, -0.2) is 83.2 Å². The van der Waals surface area contributed by atoms with E-state index in [0.29, 0.717) is 42.4 Å². The number of alkyl halides is 1. The summed E-state index contributed by atoms with van der Waals surface area (Å²) >= 11 is 2.70. The van der Waals surface area contributed by atoms with Gasteiger partial charge in [0.2, 0.25) is 0 Å². The number of carboxylic acids is 1. The van der Waals surface area contributed by atoms with Gasteiger partial charge in [0.05, 0.1) is 24.5 Å². The number of thioether (sulfide) groups is 1. The Morgan fingerprint density at radius 1 is 1.50 bits per heavy atom. The van der Waals surface area contributed by atoms with Gasteiger partial charge in [0.1, 0.15) is 6.17 Å². The number of amidine groups is 1. The third-order valence-electron chi connectivity index (χ3n) is 4.89. The number of carboxylic acid groups (broad SMARTS) is 1. The summed E-state index contributed by atoms with van der Waals surface area (Å²) in [6.07, 6.45) is 1.29. The molecule has 1 fully saturated rings. The van der Waals surface area contributed by atoms with E-state index in [4.69, 9.17) is 9.84 Å². The SMILES string of the molecule is CCOC(=O)C1=C(CN2CCC(CSCC(=O)O)C(F)C2)NC(c2nccs2)=NC1. The fourth-order valence-electron chi connectivity index (χ4n) is 3.38. The molecule has 2 atom stereocenters. The lowest BCUT2D eigenvalue weighted by molar-refractivity contribution is -0.138. The average molecular weight is 457 g/mol. The van der Waals surface area contributed by atoms with Gasteiger partial charge in [0, 0.05) is 36.3 Å². The van der Waals surface area contributed by atoms with Crippen molar-refractivity contribution in [2.45, 2.75) is 19.5 Å². The maximum absolute atomic E-state index is 14.7. The number of rotatable bonds is 9. The average Bonchev–Trinajstić information content (AvgIpc) is 3.24. The Labute approximate surface area is 182 Å². The molecule has 164 valence electrons. The molecule has 8 nitrogen and oxygen atoms in total. The van der Waals surface area contributed by atoms with Crippen LogP contribution in [0.5, 0.6) is 0 Å². The van der Waals surface area contributed by atoms with E-state index in [1.54, 1.807) is 13.1 Å². The summed E-state index contributed by atoms with van der Waals surface area (Å²) in [6, 6.07) is 0. The number of thiazole rings is 1. The summed E-state index contributed by atoms with van der Waals surface area (Å²) in [5.74, 6) is -0.366. The lowest BCUT2D eigenvalue weighted by atomic mass is 9.96. The molecule has 2 aliphatic rings. The van der Waals surface area contributed by atoms with Gasteiger partial charge >= 0.3 is 11.9 Å². The molecule has 0 aromatic carbocycles. The topological polar surface area (TPSA) is 104 Å². The number of ether oxygens (including phenoxy) is 1. The van der Waals surface area contributed by atoms with Crippen LogP contribution in [0.2, 0.25) is 0 Å². The Morgan fingerprint density at radius 2 is 2.33 bits per heavy atom. The third-order valence-corrected chi connectivity index (χ3v) is 6.78. The van der Waals surface area contributed by atoms with Crippen LogP contribution < -0.4 is 5.32 Å². The molecule has 0 spiro atoms. The van der Waals surface area contributed by atoms with Crippen molar-refractivity contribution in [1.29, 1.82) is 0 Å². The number of likely N-dealkylation sites (tertiary alicyclic amines) is 1. The number of halogens is 1. The van der Waals surface area contributed by atoms with E-state index in [1.165, 1.54) is 23.1 Å². The molecular formula is C19H25FN4O4S2. The molecule has 1 aromatic heterocycles. The number of aromatic nitrogens is 1. The fraction of sp³-hybridized carbons (Fsp3) is 0.579. The van der Waals surface area contributed by atoms with E-state index in [1.807, 2.05) is 10.3 Å². The standard InChI is InChI=1S/C19H25FN4O4S2/c1-2-28-19(27)13-7-22-17(18-21-4-6-30-18)23-15(13)9-24-5-3-12(14(20)8-24)10-29-11-16(25)26/h4,6,12,14H,2-3,5,7-11H2,1H3,(H,22,23)(H,25,26). The number of nitrogens with zero attached hydrogens (tertiary/aromatic N) is 3. The van der Waals surface area contributed by atoms with Gasteiger partial charge < -0.3 is 15.2 Å². The fourth-order valence-corrected chi connectivity index (χ4v) is 4.95. The predicted molar refractivity (Wildman–Crippen MR) is 115 cm³/mol. The molecule has 0 bridgehead atoms. The van der Waals surface area contributed by atoms with Crippen LogP contribution in [0.4, 0.5) is 4.39 Å². The zero-order valence-corrected chi connectivity index (χ0v) is 18.3. The number of aliphatic carboxylic acids is 1. The highest BCUT2D eigenvalue weighted by Crippen LogP contribution is 2.26. The van der Waals surface area contributed by atoms with Gasteiger partial charge in [-0.05, 0) is 25.6 Å². The van der Waals surface area contributed by atoms with Crippen LogP contribution >= 0.6 is 23.1 Å². The number of carbonyl (C=O) groups is 2. The van der Waals surface area contributed by atoms with Gasteiger partial charge in [-0.1, -0.05) is 0 Å². The first-order valence-corrected chi connectivity index (χ1v) is 11.8. The number of aliphatic imine (C=N–C) groups is 1. The lowest BCUT2D eigenvalue weighted by Gasteiger charge is -2.35. The van der Waals surface area contributed by atoms with Crippen LogP contribution in [0, 0.1) is 5.92 Å². The van der Waals surface area contributed by atoms with Crippen molar-refractivity contribution < 1.29 is 23.8 Å². The molecule has 2 aliphatic heterocycles. The number of hydrogen-bond donors (Lipinski definition) is 2. The van der Waals surface area contributed by atoms with Crippen molar-refractivity contribution in [2.75, 3.05) is 44.3 Å². The van der Waals surface area contributed by atoms with Crippen LogP contribution in [-0.2, 0) is 14.3 Å². The van der Waals surface area contributed by atoms with Gasteiger partial charge in [-0.15, -0.1) is 23.1 Å². The Kier molecular flexibility index (Phi) is 8.23. The smallest absolute Gasteiger partial charge is 0.337 e. The summed E-state index contributed by atoms with van der Waals surface area (Å²) in [5.41, 5.74) is 1.12. The van der Waals surface area contributed by atoms with Gasteiger partial charge in [-0.25, -0.2) is 14.2 Å². The van der Waals surface area contributed by atoms with Crippen molar-refractivity contribution in [3.8, 4) is 0 Å². The molecule has 0 radical (unpaired) electrons. The summed E-state index contributed by atoms with van der Waals surface area (Å²) in [7, 11) is 0. The maximum Gasteiger partial charge on any atom is 0.337 e. The minimum absolute atomic E-state index is 0.00843. The second kappa shape index (κ2) is 10.9. The Hall–Kier alpha value is -1.98. The van der Waals surface area contributed by atoms with Crippen molar-refractivity contribution in [1.82, 2.24) is 15.2 Å². The second-order valence-electron chi connectivity index (χ2n) is 7.01. The van der Waals surface area contributed by atoms with Gasteiger partial charge in [0.25, 0.3) is 0 Å². The zero-order valence-electron chi connectivity index (χ0n) is 16.7. The molecule has 2 N–H and O–H groups in total. The summed E-state index contributed by atoms with van der Waals surface area (Å²) < 4.78 is 19.9. The maximum atomic E-state index is 14.7. The molecule has 11 heteroatoms. The van der Waals surface area contributed by atoms with Crippen LogP contribution in [0.15, 0.2) is 27.8 Å². The largest absolute Gasteiger partial charge is 0.481 e. The first-order chi connectivity index (χ1) is 14.5. The highest BCUT2D eigenvalue weighted by atomic mass is 32.2. The number of nitrogens with one attached hydrogen (secondary N) is 1. The highest BCUT2D eigenvalue weighted by Gasteiger charge is 2.31. The summed E-state index contributed by atoms with van der Waals surface area (Å²) in [5, 5.41) is 14.5. The third kappa shape index (κ3) is 6.02. The van der Waals surface area contributed by atoms with Crippen LogP contribution in [0.25, 0.3) is 0 Å². The minimum atomic E-state index is -1.04. The number of esters is 1. The van der Waals surface area contributed by atoms with Crippen molar-refractivity contribution >= 4 is 40.9 Å². The number of hydrogen-bond acceptors (Lipinski definition) is 9. The monoisotopic (exact) mass is 456 g/mol. The molecule has 0 amide bonds. The van der Waals surface area contributed by atoms with Gasteiger partial charge in [-0.3, -0.25) is 14.7 Å². The quantitative estimate of drug-likeness (QED) is 0.542. The predicted octanol–water partition coefficient (Wildman–Crippen LogP) is 1.79. The Balaban J connectivity index is 1.64. The number of carbonyl (C=O) groups excluding carboxylic acids is 1. The highest BCUT2D eigenvalue weighted by molar-refractivity contribution is 7.99. The van der Waals surface area contributed by atoms with E-state index in [2.05, 4.69) is 15.3 Å². The molecular weight excluding hydrogens is 431 g/mol. The van der Waals surface area contributed by atoms with Crippen molar-refractivity contribution in [3.63, 3.8) is 0 Å². The van der Waals surface area contributed by atoms with Crippen LogP contribution in [0.3, 0.4) is 0 Å². The molecule has 3 rings (SSSR count). The van der Waals surface area contributed by atoms with E-state index in [9.17, 15) is 14.0 Å². The van der Waals surface area contributed by atoms with Gasteiger partial charge in [-0.2, -0.15) is 0 Å². The lowest BCUT2D eigenvalue weighted by Crippen LogP contribution is -2.46. The molecule has 3 heterocycles. The molecule has 1 saturated heterocycles. The normalized spacial score (nSPS) is 22.4. The van der Waals surface area contributed by atoms with Gasteiger partial charge in [0.15, 0.2) is 10.8 Å². The van der Waals surface area contributed by atoms with E-state index < -0.39 is 18.1 Å². The van der Waals surface area contributed by atoms with Crippen LogP contribution in [0.1, 0.15) is 18.4 Å².